The third-order valence-corrected chi connectivity index (χ3v) is 5.57. The second kappa shape index (κ2) is 7.99. The molecule has 2 amide bonds. The molecule has 2 atom stereocenters. The first-order valence-corrected chi connectivity index (χ1v) is 9.73. The minimum atomic E-state index is -0.585. The molecule has 2 heterocycles. The summed E-state index contributed by atoms with van der Waals surface area (Å²) < 4.78 is 5.26. The van der Waals surface area contributed by atoms with Crippen LogP contribution in [0.25, 0.3) is 0 Å². The average Bonchev–Trinajstić information content (AvgIpc) is 2.77. The van der Waals surface area contributed by atoms with E-state index in [1.807, 2.05) is 61.5 Å². The number of hydrogen-bond donors (Lipinski definition) is 1. The summed E-state index contributed by atoms with van der Waals surface area (Å²) >= 11 is 0. The molecule has 152 valence electrons. The van der Waals surface area contributed by atoms with E-state index in [0.717, 1.165) is 11.1 Å². The summed E-state index contributed by atoms with van der Waals surface area (Å²) in [4.78, 5) is 32.5. The Kier molecular flexibility index (Phi) is 5.23. The van der Waals surface area contributed by atoms with Gasteiger partial charge in [-0.15, -0.1) is 0 Å². The summed E-state index contributed by atoms with van der Waals surface area (Å²) in [5.74, 6) is 0.342. The van der Waals surface area contributed by atoms with Gasteiger partial charge in [-0.1, -0.05) is 36.4 Å². The van der Waals surface area contributed by atoms with Crippen LogP contribution in [-0.4, -0.2) is 35.9 Å². The number of nitrogens with zero attached hydrogens (tertiary/aromatic N) is 2. The number of carbonyl (C=O) groups is 2. The Morgan fingerprint density at radius 1 is 1.07 bits per heavy atom. The van der Waals surface area contributed by atoms with Crippen molar-refractivity contribution in [3.63, 3.8) is 0 Å². The van der Waals surface area contributed by atoms with E-state index < -0.39 is 12.0 Å². The van der Waals surface area contributed by atoms with Crippen molar-refractivity contribution in [2.75, 3.05) is 19.5 Å². The van der Waals surface area contributed by atoms with Gasteiger partial charge < -0.3 is 15.0 Å². The van der Waals surface area contributed by atoms with E-state index in [0.29, 0.717) is 22.7 Å². The van der Waals surface area contributed by atoms with Crippen LogP contribution in [0.15, 0.2) is 66.9 Å². The van der Waals surface area contributed by atoms with E-state index in [1.54, 1.807) is 31.3 Å². The highest BCUT2D eigenvalue weighted by atomic mass is 16.5. The maximum atomic E-state index is 13.5. The number of methoxy groups -OCH3 is 1. The topological polar surface area (TPSA) is 71.5 Å². The van der Waals surface area contributed by atoms with Crippen LogP contribution in [0.1, 0.15) is 39.0 Å². The van der Waals surface area contributed by atoms with Gasteiger partial charge in [-0.05, 0) is 47.9 Å². The molecule has 3 aromatic rings. The minimum Gasteiger partial charge on any atom is -0.497 e. The first kappa shape index (κ1) is 19.6. The summed E-state index contributed by atoms with van der Waals surface area (Å²) in [6.45, 7) is 1.90. The standard InChI is InChI=1S/C24H23N3O3/c1-15-7-6-14-25-22(15)26-23(28)20-18-8-4-5-9-19(18)24(29)27(2)21(20)16-10-12-17(30-3)13-11-16/h4-14,20-21H,1-3H3,(H,25,26,28). The Hall–Kier alpha value is -3.67. The second-order valence-electron chi connectivity index (χ2n) is 7.36. The normalized spacial score (nSPS) is 18.0. The van der Waals surface area contributed by atoms with Crippen LogP contribution in [0.2, 0.25) is 0 Å². The van der Waals surface area contributed by atoms with Crippen LogP contribution in [0.4, 0.5) is 5.82 Å². The number of rotatable bonds is 4. The number of likely N-dealkylation sites (N-methyl/N-ethyl adjacent to an activating group) is 1. The molecule has 1 aliphatic rings. The SMILES string of the molecule is COc1ccc(C2C(C(=O)Nc3ncccc3C)c3ccccc3C(=O)N2C)cc1. The van der Waals surface area contributed by atoms with Crippen molar-refractivity contribution in [1.29, 1.82) is 0 Å². The van der Waals surface area contributed by atoms with Gasteiger partial charge in [-0.25, -0.2) is 4.98 Å². The fraction of sp³-hybridized carbons (Fsp3) is 0.208. The second-order valence-corrected chi connectivity index (χ2v) is 7.36. The fourth-order valence-electron chi connectivity index (χ4n) is 3.99. The Morgan fingerprint density at radius 3 is 2.50 bits per heavy atom. The Balaban J connectivity index is 1.80. The molecule has 1 aromatic heterocycles. The van der Waals surface area contributed by atoms with Gasteiger partial charge in [0.25, 0.3) is 5.91 Å². The van der Waals surface area contributed by atoms with Gasteiger partial charge in [0.05, 0.1) is 19.1 Å². The van der Waals surface area contributed by atoms with Crippen molar-refractivity contribution in [2.45, 2.75) is 18.9 Å². The van der Waals surface area contributed by atoms with E-state index in [2.05, 4.69) is 10.3 Å². The molecule has 0 saturated heterocycles. The molecule has 0 radical (unpaired) electrons. The molecule has 0 spiro atoms. The van der Waals surface area contributed by atoms with E-state index in [1.165, 1.54) is 0 Å². The molecule has 30 heavy (non-hydrogen) atoms. The smallest absolute Gasteiger partial charge is 0.254 e. The molecule has 1 aliphatic heterocycles. The zero-order valence-electron chi connectivity index (χ0n) is 17.1. The number of fused-ring (bicyclic) bond motifs is 1. The largest absolute Gasteiger partial charge is 0.497 e. The number of ether oxygens (including phenoxy) is 1. The predicted molar refractivity (Wildman–Crippen MR) is 115 cm³/mol. The maximum Gasteiger partial charge on any atom is 0.254 e. The molecule has 0 bridgehead atoms. The highest BCUT2D eigenvalue weighted by molar-refractivity contribution is 6.04. The van der Waals surface area contributed by atoms with Crippen molar-refractivity contribution in [3.05, 3.63) is 89.1 Å². The summed E-state index contributed by atoms with van der Waals surface area (Å²) in [7, 11) is 3.34. The minimum absolute atomic E-state index is 0.107. The molecule has 6 heteroatoms. The number of aryl methyl sites for hydroxylation is 1. The lowest BCUT2D eigenvalue weighted by atomic mass is 9.79. The van der Waals surface area contributed by atoms with Gasteiger partial charge in [0.15, 0.2) is 0 Å². The Morgan fingerprint density at radius 2 is 1.80 bits per heavy atom. The number of amides is 2. The van der Waals surface area contributed by atoms with Crippen molar-refractivity contribution >= 4 is 17.6 Å². The highest BCUT2D eigenvalue weighted by Gasteiger charge is 2.42. The van der Waals surface area contributed by atoms with Crippen LogP contribution in [0.5, 0.6) is 5.75 Å². The summed E-state index contributed by atoms with van der Waals surface area (Å²) in [5, 5.41) is 2.97. The molecule has 2 unspecified atom stereocenters. The lowest BCUT2D eigenvalue weighted by molar-refractivity contribution is -0.119. The molecule has 0 saturated carbocycles. The zero-order valence-corrected chi connectivity index (χ0v) is 17.1. The molecule has 0 fully saturated rings. The van der Waals surface area contributed by atoms with Gasteiger partial charge >= 0.3 is 0 Å². The average molecular weight is 401 g/mol. The van der Waals surface area contributed by atoms with Crippen LogP contribution in [0, 0.1) is 6.92 Å². The predicted octanol–water partition coefficient (Wildman–Crippen LogP) is 3.95. The molecule has 6 nitrogen and oxygen atoms in total. The summed E-state index contributed by atoms with van der Waals surface area (Å²) in [6.07, 6.45) is 1.65. The number of nitrogens with one attached hydrogen (secondary N) is 1. The van der Waals surface area contributed by atoms with Crippen molar-refractivity contribution in [2.24, 2.45) is 0 Å². The van der Waals surface area contributed by atoms with Gasteiger partial charge in [0, 0.05) is 18.8 Å². The van der Waals surface area contributed by atoms with E-state index >= 15 is 0 Å². The van der Waals surface area contributed by atoms with Gasteiger partial charge in [-0.3, -0.25) is 9.59 Å². The first-order valence-electron chi connectivity index (χ1n) is 9.73. The molecule has 1 N–H and O–H groups in total. The van der Waals surface area contributed by atoms with E-state index in [4.69, 9.17) is 4.74 Å². The highest BCUT2D eigenvalue weighted by Crippen LogP contribution is 2.42. The zero-order chi connectivity index (χ0) is 21.3. The molecular formula is C24H23N3O3. The maximum absolute atomic E-state index is 13.5. The first-order chi connectivity index (χ1) is 14.5. The molecule has 0 aliphatic carbocycles. The molecular weight excluding hydrogens is 378 g/mol. The fourth-order valence-corrected chi connectivity index (χ4v) is 3.99. The monoisotopic (exact) mass is 401 g/mol. The van der Waals surface area contributed by atoms with E-state index in [-0.39, 0.29) is 11.8 Å². The van der Waals surface area contributed by atoms with Crippen LogP contribution in [-0.2, 0) is 4.79 Å². The van der Waals surface area contributed by atoms with Crippen LogP contribution in [0.3, 0.4) is 0 Å². The Labute approximate surface area is 175 Å². The van der Waals surface area contributed by atoms with E-state index in [9.17, 15) is 9.59 Å². The van der Waals surface area contributed by atoms with Gasteiger partial charge in [0.1, 0.15) is 11.6 Å². The van der Waals surface area contributed by atoms with Gasteiger partial charge in [0.2, 0.25) is 5.91 Å². The number of anilines is 1. The number of aromatic nitrogens is 1. The third kappa shape index (κ3) is 3.41. The molecule has 4 rings (SSSR count). The lowest BCUT2D eigenvalue weighted by Crippen LogP contribution is -2.44. The number of benzene rings is 2. The lowest BCUT2D eigenvalue weighted by Gasteiger charge is -2.39. The quantitative estimate of drug-likeness (QED) is 0.719. The number of carbonyl (C=O) groups excluding carboxylic acids is 2. The van der Waals surface area contributed by atoms with Crippen LogP contribution >= 0.6 is 0 Å². The van der Waals surface area contributed by atoms with Crippen molar-refractivity contribution in [1.82, 2.24) is 9.88 Å². The summed E-state index contributed by atoms with van der Waals surface area (Å²) in [5.41, 5.74) is 2.99. The number of hydrogen-bond acceptors (Lipinski definition) is 4. The van der Waals surface area contributed by atoms with Crippen molar-refractivity contribution < 1.29 is 14.3 Å². The Bertz CT molecular complexity index is 1090. The van der Waals surface area contributed by atoms with Crippen LogP contribution < -0.4 is 10.1 Å². The third-order valence-electron chi connectivity index (χ3n) is 5.57. The van der Waals surface area contributed by atoms with Gasteiger partial charge in [-0.2, -0.15) is 0 Å². The molecule has 2 aromatic carbocycles. The van der Waals surface area contributed by atoms with Crippen molar-refractivity contribution in [3.8, 4) is 5.75 Å². The summed E-state index contributed by atoms with van der Waals surface area (Å²) in [6, 6.07) is 18.0. The number of pyridine rings is 1.